The number of hydrogen-bond donors (Lipinski definition) is 2. The Morgan fingerprint density at radius 3 is 2.33 bits per heavy atom. The number of nitrogens with zero attached hydrogens (tertiary/aromatic N) is 2. The second kappa shape index (κ2) is 10.3. The summed E-state index contributed by atoms with van der Waals surface area (Å²) in [6.07, 6.45) is -1.83. The number of rotatable bonds is 7. The first-order chi connectivity index (χ1) is 17.0. The van der Waals surface area contributed by atoms with E-state index < -0.39 is 17.7 Å². The molecule has 2 N–H and O–H groups in total. The van der Waals surface area contributed by atoms with Gasteiger partial charge in [-0.1, -0.05) is 38.1 Å². The van der Waals surface area contributed by atoms with Crippen LogP contribution in [0.1, 0.15) is 66.7 Å². The molecule has 1 fully saturated rings. The molecule has 0 radical (unpaired) electrons. The molecule has 0 aliphatic heterocycles. The van der Waals surface area contributed by atoms with Crippen LogP contribution in [-0.4, -0.2) is 32.8 Å². The number of fused-ring (bicyclic) bond motifs is 1. The minimum Gasteiger partial charge on any atom is -0.481 e. The number of carboxylic acids is 1. The fourth-order valence-corrected chi connectivity index (χ4v) is 4.86. The highest BCUT2D eigenvalue weighted by Gasteiger charge is 2.30. The zero-order valence-electron chi connectivity index (χ0n) is 20.3. The van der Waals surface area contributed by atoms with Crippen molar-refractivity contribution < 1.29 is 27.9 Å². The number of amides is 1. The Morgan fingerprint density at radius 1 is 1.08 bits per heavy atom. The van der Waals surface area contributed by atoms with Crippen LogP contribution in [0.25, 0.3) is 10.9 Å². The molecule has 0 spiro atoms. The first-order valence-corrected chi connectivity index (χ1v) is 12.2. The van der Waals surface area contributed by atoms with Gasteiger partial charge < -0.3 is 10.4 Å². The lowest BCUT2D eigenvalue weighted by Gasteiger charge is -2.26. The minimum absolute atomic E-state index is 0.125. The van der Waals surface area contributed by atoms with Gasteiger partial charge in [-0.05, 0) is 67.3 Å². The Hall–Kier alpha value is -3.36. The van der Waals surface area contributed by atoms with E-state index in [1.807, 2.05) is 22.9 Å². The molecular formula is C27H30F3N3O3. The van der Waals surface area contributed by atoms with Crippen LogP contribution in [0.15, 0.2) is 42.5 Å². The van der Waals surface area contributed by atoms with Gasteiger partial charge in [-0.25, -0.2) is 0 Å². The lowest BCUT2D eigenvalue weighted by Crippen LogP contribution is -2.39. The van der Waals surface area contributed by atoms with Gasteiger partial charge in [0, 0.05) is 18.0 Å². The van der Waals surface area contributed by atoms with Gasteiger partial charge in [0.05, 0.1) is 17.0 Å². The van der Waals surface area contributed by atoms with Crippen LogP contribution in [-0.2, 0) is 23.9 Å². The molecule has 1 amide bonds. The Morgan fingerprint density at radius 2 is 1.75 bits per heavy atom. The van der Waals surface area contributed by atoms with Gasteiger partial charge in [-0.3, -0.25) is 14.3 Å². The van der Waals surface area contributed by atoms with Crippen molar-refractivity contribution in [2.75, 3.05) is 0 Å². The van der Waals surface area contributed by atoms with Gasteiger partial charge in [0.1, 0.15) is 0 Å². The molecule has 2 aromatic carbocycles. The van der Waals surface area contributed by atoms with E-state index >= 15 is 0 Å². The molecule has 6 nitrogen and oxygen atoms in total. The summed E-state index contributed by atoms with van der Waals surface area (Å²) in [5, 5.41) is 17.6. The average molecular weight is 502 g/mol. The molecule has 1 heterocycles. The van der Waals surface area contributed by atoms with Crippen molar-refractivity contribution in [1.29, 1.82) is 0 Å². The van der Waals surface area contributed by atoms with E-state index in [2.05, 4.69) is 24.3 Å². The van der Waals surface area contributed by atoms with Crippen LogP contribution in [0.5, 0.6) is 0 Å². The standard InChI is InChI=1S/C27H30F3N3O3/c1-16(2)15-33-22-5-3-4-19(14-17-6-10-20(11-7-17)27(28,29)30)23(22)24(32-33)25(34)31-21-12-8-18(9-13-21)26(35)36/h3-7,10-11,16,18,21H,8-9,12-15H2,1-2H3,(H,31,34)(H,35,36). The van der Waals surface area contributed by atoms with Gasteiger partial charge in [0.2, 0.25) is 0 Å². The summed E-state index contributed by atoms with van der Waals surface area (Å²) in [4.78, 5) is 24.6. The number of aromatic nitrogens is 2. The quantitative estimate of drug-likeness (QED) is 0.437. The highest BCUT2D eigenvalue weighted by atomic mass is 19.4. The first kappa shape index (κ1) is 25.7. The zero-order valence-corrected chi connectivity index (χ0v) is 20.3. The fraction of sp³-hybridized carbons (Fsp3) is 0.444. The van der Waals surface area contributed by atoms with E-state index in [1.165, 1.54) is 12.1 Å². The zero-order chi connectivity index (χ0) is 26.0. The van der Waals surface area contributed by atoms with E-state index in [0.717, 1.165) is 23.2 Å². The van der Waals surface area contributed by atoms with E-state index in [4.69, 9.17) is 0 Å². The molecule has 1 aliphatic carbocycles. The van der Waals surface area contributed by atoms with Crippen molar-refractivity contribution in [1.82, 2.24) is 15.1 Å². The Kier molecular flexibility index (Phi) is 7.38. The van der Waals surface area contributed by atoms with Crippen LogP contribution < -0.4 is 5.32 Å². The van der Waals surface area contributed by atoms with Crippen molar-refractivity contribution in [2.45, 2.75) is 64.7 Å². The highest BCUT2D eigenvalue weighted by Crippen LogP contribution is 2.31. The summed E-state index contributed by atoms with van der Waals surface area (Å²) in [7, 11) is 0. The van der Waals surface area contributed by atoms with E-state index in [1.54, 1.807) is 0 Å². The molecule has 1 aliphatic rings. The number of carbonyl (C=O) groups excluding carboxylic acids is 1. The predicted molar refractivity (Wildman–Crippen MR) is 130 cm³/mol. The smallest absolute Gasteiger partial charge is 0.416 e. The third-order valence-electron chi connectivity index (χ3n) is 6.70. The number of carboxylic acid groups (broad SMARTS) is 1. The summed E-state index contributed by atoms with van der Waals surface area (Å²) >= 11 is 0. The first-order valence-electron chi connectivity index (χ1n) is 12.2. The van der Waals surface area contributed by atoms with Crippen LogP contribution in [0.4, 0.5) is 13.2 Å². The second-order valence-electron chi connectivity index (χ2n) is 9.97. The second-order valence-corrected chi connectivity index (χ2v) is 9.97. The predicted octanol–water partition coefficient (Wildman–Crippen LogP) is 5.68. The van der Waals surface area contributed by atoms with Crippen molar-refractivity contribution in [3.8, 4) is 0 Å². The maximum Gasteiger partial charge on any atom is 0.416 e. The number of carbonyl (C=O) groups is 2. The molecule has 192 valence electrons. The molecule has 0 saturated heterocycles. The average Bonchev–Trinajstić information content (AvgIpc) is 3.18. The van der Waals surface area contributed by atoms with Crippen molar-refractivity contribution in [2.24, 2.45) is 11.8 Å². The van der Waals surface area contributed by atoms with E-state index in [9.17, 15) is 27.9 Å². The van der Waals surface area contributed by atoms with Crippen molar-refractivity contribution >= 4 is 22.8 Å². The third kappa shape index (κ3) is 5.71. The maximum atomic E-state index is 13.4. The maximum absolute atomic E-state index is 13.4. The summed E-state index contributed by atoms with van der Waals surface area (Å²) < 4.78 is 40.7. The largest absolute Gasteiger partial charge is 0.481 e. The highest BCUT2D eigenvalue weighted by molar-refractivity contribution is 6.06. The molecule has 1 aromatic heterocycles. The van der Waals surface area contributed by atoms with Gasteiger partial charge >= 0.3 is 12.1 Å². The van der Waals surface area contributed by atoms with Gasteiger partial charge in [0.15, 0.2) is 5.69 Å². The number of aliphatic carboxylic acids is 1. The topological polar surface area (TPSA) is 84.2 Å². The Labute approximate surface area is 207 Å². The number of alkyl halides is 3. The molecule has 0 unspecified atom stereocenters. The van der Waals surface area contributed by atoms with E-state index in [-0.39, 0.29) is 29.5 Å². The van der Waals surface area contributed by atoms with Crippen molar-refractivity contribution in [3.63, 3.8) is 0 Å². The molecule has 36 heavy (non-hydrogen) atoms. The lowest BCUT2D eigenvalue weighted by molar-refractivity contribution is -0.143. The number of halogens is 3. The van der Waals surface area contributed by atoms with Crippen LogP contribution >= 0.6 is 0 Å². The molecule has 4 rings (SSSR count). The van der Waals surface area contributed by atoms with Crippen LogP contribution in [0.2, 0.25) is 0 Å². The fourth-order valence-electron chi connectivity index (χ4n) is 4.86. The molecule has 9 heteroatoms. The summed E-state index contributed by atoms with van der Waals surface area (Å²) in [5.41, 5.74) is 1.89. The van der Waals surface area contributed by atoms with Crippen LogP contribution in [0.3, 0.4) is 0 Å². The number of benzene rings is 2. The summed E-state index contributed by atoms with van der Waals surface area (Å²) in [6, 6.07) is 10.6. The number of nitrogens with one attached hydrogen (secondary N) is 1. The third-order valence-corrected chi connectivity index (χ3v) is 6.70. The summed E-state index contributed by atoms with van der Waals surface area (Å²) in [5.74, 6) is -1.21. The Balaban J connectivity index is 1.64. The SMILES string of the molecule is CC(C)Cn1nc(C(=O)NC2CCC(C(=O)O)CC2)c2c(Cc3ccc(C(F)(F)F)cc3)cccc21. The molecular weight excluding hydrogens is 471 g/mol. The molecule has 0 bridgehead atoms. The summed E-state index contributed by atoms with van der Waals surface area (Å²) in [6.45, 7) is 4.72. The monoisotopic (exact) mass is 501 g/mol. The Bertz CT molecular complexity index is 1240. The van der Waals surface area contributed by atoms with E-state index in [0.29, 0.717) is 49.6 Å². The lowest BCUT2D eigenvalue weighted by atomic mass is 9.86. The molecule has 0 atom stereocenters. The normalized spacial score (nSPS) is 18.5. The van der Waals surface area contributed by atoms with Gasteiger partial charge in [-0.15, -0.1) is 0 Å². The number of hydrogen-bond acceptors (Lipinski definition) is 3. The minimum atomic E-state index is -4.40. The van der Waals surface area contributed by atoms with Gasteiger partial charge in [-0.2, -0.15) is 18.3 Å². The molecule has 1 saturated carbocycles. The van der Waals surface area contributed by atoms with Gasteiger partial charge in [0.25, 0.3) is 5.91 Å². The van der Waals surface area contributed by atoms with Crippen LogP contribution in [0, 0.1) is 11.8 Å². The molecule has 3 aromatic rings. The van der Waals surface area contributed by atoms with Crippen molar-refractivity contribution in [3.05, 3.63) is 64.8 Å².